The second-order valence-electron chi connectivity index (χ2n) is 7.10. The number of fused-ring (bicyclic) bond motifs is 1. The van der Waals surface area contributed by atoms with E-state index < -0.39 is 10.0 Å². The van der Waals surface area contributed by atoms with Crippen molar-refractivity contribution in [3.05, 3.63) is 69.6 Å². The van der Waals surface area contributed by atoms with Crippen LogP contribution in [0.1, 0.15) is 22.4 Å². The Morgan fingerprint density at radius 3 is 2.65 bits per heavy atom. The van der Waals surface area contributed by atoms with Gasteiger partial charge in [0, 0.05) is 30.1 Å². The molecule has 0 aliphatic heterocycles. The van der Waals surface area contributed by atoms with E-state index in [-0.39, 0.29) is 36.7 Å². The normalized spacial score (nSPS) is 11.5. The molecule has 2 heterocycles. The van der Waals surface area contributed by atoms with Gasteiger partial charge in [-0.3, -0.25) is 14.2 Å². The lowest BCUT2D eigenvalue weighted by Gasteiger charge is -2.09. The van der Waals surface area contributed by atoms with Crippen LogP contribution in [0.25, 0.3) is 10.2 Å². The predicted molar refractivity (Wildman–Crippen MR) is 124 cm³/mol. The largest absolute Gasteiger partial charge is 0.326 e. The van der Waals surface area contributed by atoms with Crippen LogP contribution in [0, 0.1) is 13.8 Å². The second-order valence-corrected chi connectivity index (χ2v) is 10.1. The molecule has 0 atom stereocenters. The molecule has 3 rings (SSSR count). The number of hydrogen-bond donors (Lipinski definition) is 2. The molecule has 0 aliphatic rings. The Labute approximate surface area is 184 Å². The molecule has 3 aromatic rings. The Morgan fingerprint density at radius 1 is 1.26 bits per heavy atom. The van der Waals surface area contributed by atoms with Gasteiger partial charge in [-0.15, -0.1) is 17.9 Å². The SMILES string of the molecule is C=CCNS(=O)(=O)Cc1ccc(NC(=O)CCn2cnc3sc(C)c(C)c3c2=O)cc1. The van der Waals surface area contributed by atoms with Gasteiger partial charge in [-0.2, -0.15) is 0 Å². The summed E-state index contributed by atoms with van der Waals surface area (Å²) in [5, 5.41) is 3.37. The molecule has 0 radical (unpaired) electrons. The number of hydrogen-bond acceptors (Lipinski definition) is 6. The molecule has 10 heteroatoms. The first-order valence-corrected chi connectivity index (χ1v) is 12.1. The van der Waals surface area contributed by atoms with Gasteiger partial charge >= 0.3 is 0 Å². The third-order valence-electron chi connectivity index (χ3n) is 4.78. The van der Waals surface area contributed by atoms with Crippen molar-refractivity contribution < 1.29 is 13.2 Å². The van der Waals surface area contributed by atoms with Gasteiger partial charge in [0.15, 0.2) is 0 Å². The number of sulfonamides is 1. The van der Waals surface area contributed by atoms with E-state index in [4.69, 9.17) is 0 Å². The quantitative estimate of drug-likeness (QED) is 0.477. The summed E-state index contributed by atoms with van der Waals surface area (Å²) in [6.07, 6.45) is 3.06. The number of aromatic nitrogens is 2. The molecular weight excluding hydrogens is 436 g/mol. The highest BCUT2D eigenvalue weighted by Crippen LogP contribution is 2.25. The lowest BCUT2D eigenvalue weighted by molar-refractivity contribution is -0.116. The van der Waals surface area contributed by atoms with Crippen molar-refractivity contribution in [3.63, 3.8) is 0 Å². The number of nitrogens with one attached hydrogen (secondary N) is 2. The third kappa shape index (κ3) is 5.66. The van der Waals surface area contributed by atoms with Crippen molar-refractivity contribution in [3.8, 4) is 0 Å². The van der Waals surface area contributed by atoms with Gasteiger partial charge in [-0.05, 0) is 37.1 Å². The van der Waals surface area contributed by atoms with Gasteiger partial charge in [-0.1, -0.05) is 18.2 Å². The molecule has 0 unspecified atom stereocenters. The predicted octanol–water partition coefficient (Wildman–Crippen LogP) is 2.71. The smallest absolute Gasteiger partial charge is 0.262 e. The van der Waals surface area contributed by atoms with E-state index in [2.05, 4.69) is 21.6 Å². The fourth-order valence-electron chi connectivity index (χ4n) is 3.02. The van der Waals surface area contributed by atoms with E-state index in [0.29, 0.717) is 21.5 Å². The maximum absolute atomic E-state index is 12.7. The summed E-state index contributed by atoms with van der Waals surface area (Å²) < 4.78 is 27.7. The monoisotopic (exact) mass is 460 g/mol. The average Bonchev–Trinajstić information content (AvgIpc) is 3.02. The van der Waals surface area contributed by atoms with Crippen LogP contribution in [0.2, 0.25) is 0 Å². The molecule has 2 N–H and O–H groups in total. The van der Waals surface area contributed by atoms with Crippen molar-refractivity contribution in [2.24, 2.45) is 0 Å². The summed E-state index contributed by atoms with van der Waals surface area (Å²) in [4.78, 5) is 31.1. The minimum Gasteiger partial charge on any atom is -0.326 e. The van der Waals surface area contributed by atoms with Crippen LogP contribution in [-0.4, -0.2) is 30.4 Å². The molecule has 2 aromatic heterocycles. The van der Waals surface area contributed by atoms with E-state index in [0.717, 1.165) is 10.4 Å². The van der Waals surface area contributed by atoms with Crippen molar-refractivity contribution in [2.45, 2.75) is 32.6 Å². The van der Waals surface area contributed by atoms with Crippen LogP contribution in [0.15, 0.2) is 48.0 Å². The molecule has 0 fully saturated rings. The van der Waals surface area contributed by atoms with Crippen LogP contribution < -0.4 is 15.6 Å². The molecule has 0 aliphatic carbocycles. The number of carbonyl (C=O) groups is 1. The van der Waals surface area contributed by atoms with E-state index >= 15 is 0 Å². The number of anilines is 1. The molecule has 0 saturated heterocycles. The van der Waals surface area contributed by atoms with Crippen LogP contribution in [-0.2, 0) is 27.1 Å². The fourth-order valence-corrected chi connectivity index (χ4v) is 5.11. The van der Waals surface area contributed by atoms with Crippen molar-refractivity contribution in [1.82, 2.24) is 14.3 Å². The van der Waals surface area contributed by atoms with Crippen LogP contribution in [0.5, 0.6) is 0 Å². The van der Waals surface area contributed by atoms with Gasteiger partial charge in [0.2, 0.25) is 15.9 Å². The molecule has 0 saturated carbocycles. The minimum atomic E-state index is -3.44. The van der Waals surface area contributed by atoms with E-state index in [9.17, 15) is 18.0 Å². The Balaban J connectivity index is 1.59. The number of benzene rings is 1. The summed E-state index contributed by atoms with van der Waals surface area (Å²) in [7, 11) is -3.44. The van der Waals surface area contributed by atoms with E-state index in [1.807, 2.05) is 13.8 Å². The van der Waals surface area contributed by atoms with Gasteiger partial charge in [-0.25, -0.2) is 18.1 Å². The van der Waals surface area contributed by atoms with E-state index in [1.165, 1.54) is 28.3 Å². The van der Waals surface area contributed by atoms with Crippen molar-refractivity contribution in [1.29, 1.82) is 0 Å². The lowest BCUT2D eigenvalue weighted by atomic mass is 10.2. The van der Waals surface area contributed by atoms with Crippen molar-refractivity contribution >= 4 is 43.2 Å². The molecule has 0 spiro atoms. The van der Waals surface area contributed by atoms with Crippen LogP contribution in [0.4, 0.5) is 5.69 Å². The number of aryl methyl sites for hydroxylation is 3. The number of carbonyl (C=O) groups excluding carboxylic acids is 1. The zero-order chi connectivity index (χ0) is 22.6. The van der Waals surface area contributed by atoms with Crippen LogP contribution >= 0.6 is 11.3 Å². The van der Waals surface area contributed by atoms with Gasteiger partial charge in [0.25, 0.3) is 5.56 Å². The maximum Gasteiger partial charge on any atom is 0.262 e. The zero-order valence-corrected chi connectivity index (χ0v) is 19.0. The standard InChI is InChI=1S/C21H24N4O4S2/c1-4-10-23-31(28,29)12-16-5-7-17(8-6-16)24-18(26)9-11-25-13-22-20-19(21(25)27)14(2)15(3)30-20/h4-8,13,23H,1,9-12H2,2-3H3,(H,24,26). The summed E-state index contributed by atoms with van der Waals surface area (Å²) in [6.45, 7) is 7.73. The summed E-state index contributed by atoms with van der Waals surface area (Å²) >= 11 is 1.49. The summed E-state index contributed by atoms with van der Waals surface area (Å²) in [5.74, 6) is -0.409. The number of nitrogens with zero attached hydrogens (tertiary/aromatic N) is 2. The Kier molecular flexibility index (Phi) is 7.04. The summed E-state index contributed by atoms with van der Waals surface area (Å²) in [6, 6.07) is 6.58. The third-order valence-corrected chi connectivity index (χ3v) is 7.21. The number of amides is 1. The molecule has 164 valence electrons. The van der Waals surface area contributed by atoms with Gasteiger partial charge < -0.3 is 5.32 Å². The van der Waals surface area contributed by atoms with Gasteiger partial charge in [0.05, 0.1) is 17.5 Å². The Bertz CT molecular complexity index is 1280. The Hall–Kier alpha value is -2.82. The first-order valence-electron chi connectivity index (χ1n) is 9.62. The van der Waals surface area contributed by atoms with Crippen LogP contribution in [0.3, 0.4) is 0 Å². The topological polar surface area (TPSA) is 110 Å². The second kappa shape index (κ2) is 9.54. The molecule has 1 amide bonds. The maximum atomic E-state index is 12.7. The first kappa shape index (κ1) is 22.9. The fraction of sp³-hybridized carbons (Fsp3) is 0.286. The molecule has 31 heavy (non-hydrogen) atoms. The average molecular weight is 461 g/mol. The van der Waals surface area contributed by atoms with E-state index in [1.54, 1.807) is 24.3 Å². The Morgan fingerprint density at radius 2 is 1.97 bits per heavy atom. The highest BCUT2D eigenvalue weighted by atomic mass is 32.2. The number of thiophene rings is 1. The zero-order valence-electron chi connectivity index (χ0n) is 17.3. The molecule has 1 aromatic carbocycles. The molecule has 0 bridgehead atoms. The highest BCUT2D eigenvalue weighted by Gasteiger charge is 2.13. The minimum absolute atomic E-state index is 0.108. The first-order chi connectivity index (χ1) is 14.7. The molecular formula is C21H24N4O4S2. The van der Waals surface area contributed by atoms with Crippen molar-refractivity contribution in [2.75, 3.05) is 11.9 Å². The lowest BCUT2D eigenvalue weighted by Crippen LogP contribution is -2.25. The van der Waals surface area contributed by atoms with Gasteiger partial charge in [0.1, 0.15) is 4.83 Å². The summed E-state index contributed by atoms with van der Waals surface area (Å²) in [5.41, 5.74) is 1.94. The number of rotatable bonds is 9. The highest BCUT2D eigenvalue weighted by molar-refractivity contribution is 7.88. The molecule has 8 nitrogen and oxygen atoms in total.